The van der Waals surface area contributed by atoms with E-state index in [1.165, 1.54) is 36.4 Å². The number of rotatable bonds is 6. The van der Waals surface area contributed by atoms with Gasteiger partial charge in [0.15, 0.2) is 0 Å². The molecule has 1 aliphatic heterocycles. The van der Waals surface area contributed by atoms with Crippen molar-refractivity contribution in [3.63, 3.8) is 0 Å². The first-order chi connectivity index (χ1) is 14.9. The van der Waals surface area contributed by atoms with Crippen LogP contribution in [-0.2, 0) is 9.47 Å². The number of anilines is 2. The molecular weight excluding hydrogens is 407 g/mol. The number of halogens is 1. The van der Waals surface area contributed by atoms with Crippen molar-refractivity contribution < 1.29 is 28.2 Å². The van der Waals surface area contributed by atoms with Crippen molar-refractivity contribution in [1.29, 1.82) is 0 Å². The standard InChI is InChI=1S/C21H25FN4O5/c1-13-4-5-15(10-23-13)24-20(27)25-16-6-14(22)7-18(8-16)31-19-9-17(12-29-2)26(11-19)21(28)30-3/h4-8,10,17,19H,9,11-12H2,1-3H3,(H2,24,25,27)/t17-,19-/m0/s1. The quantitative estimate of drug-likeness (QED) is 0.725. The molecule has 1 saturated heterocycles. The van der Waals surface area contributed by atoms with Gasteiger partial charge in [-0.05, 0) is 25.1 Å². The van der Waals surface area contributed by atoms with Gasteiger partial charge in [0.05, 0.1) is 38.2 Å². The number of pyridine rings is 1. The maximum absolute atomic E-state index is 14.1. The lowest BCUT2D eigenvalue weighted by atomic mass is 10.2. The molecule has 0 unspecified atom stereocenters. The van der Waals surface area contributed by atoms with Gasteiger partial charge in [0.2, 0.25) is 0 Å². The van der Waals surface area contributed by atoms with E-state index in [1.54, 1.807) is 19.2 Å². The summed E-state index contributed by atoms with van der Waals surface area (Å²) in [5, 5.41) is 5.20. The predicted molar refractivity (Wildman–Crippen MR) is 112 cm³/mol. The number of nitrogens with one attached hydrogen (secondary N) is 2. The third-order valence-corrected chi connectivity index (χ3v) is 4.75. The van der Waals surface area contributed by atoms with Gasteiger partial charge in [0, 0.05) is 37.0 Å². The summed E-state index contributed by atoms with van der Waals surface area (Å²) < 4.78 is 30.0. The van der Waals surface area contributed by atoms with Crippen LogP contribution in [0.3, 0.4) is 0 Å². The molecule has 2 atom stereocenters. The average molecular weight is 432 g/mol. The molecule has 1 aromatic heterocycles. The number of amides is 3. The molecule has 0 saturated carbocycles. The lowest BCUT2D eigenvalue weighted by Gasteiger charge is -2.21. The van der Waals surface area contributed by atoms with E-state index in [-0.39, 0.29) is 30.1 Å². The Morgan fingerprint density at radius 1 is 1.19 bits per heavy atom. The fourth-order valence-corrected chi connectivity index (χ4v) is 3.38. The topological polar surface area (TPSA) is 102 Å². The van der Waals surface area contributed by atoms with E-state index >= 15 is 0 Å². The summed E-state index contributed by atoms with van der Waals surface area (Å²) in [7, 11) is 2.86. The minimum Gasteiger partial charge on any atom is -0.488 e. The van der Waals surface area contributed by atoms with Gasteiger partial charge in [0.25, 0.3) is 0 Å². The van der Waals surface area contributed by atoms with Crippen LogP contribution in [0, 0.1) is 12.7 Å². The third kappa shape index (κ3) is 6.05. The van der Waals surface area contributed by atoms with Gasteiger partial charge in [-0.2, -0.15) is 0 Å². The zero-order valence-corrected chi connectivity index (χ0v) is 17.6. The SMILES string of the molecule is COC[C@@H]1C[C@H](Oc2cc(F)cc(NC(=O)Nc3ccc(C)nc3)c2)CN1C(=O)OC. The second kappa shape index (κ2) is 10.1. The highest BCUT2D eigenvalue weighted by molar-refractivity contribution is 5.99. The van der Waals surface area contributed by atoms with E-state index in [1.807, 2.05) is 6.92 Å². The number of methoxy groups -OCH3 is 2. The van der Waals surface area contributed by atoms with Crippen molar-refractivity contribution >= 4 is 23.5 Å². The van der Waals surface area contributed by atoms with E-state index < -0.39 is 17.9 Å². The Morgan fingerprint density at radius 2 is 1.97 bits per heavy atom. The minimum atomic E-state index is -0.568. The van der Waals surface area contributed by atoms with Gasteiger partial charge in [-0.25, -0.2) is 14.0 Å². The third-order valence-electron chi connectivity index (χ3n) is 4.75. The normalized spacial score (nSPS) is 17.9. The summed E-state index contributed by atoms with van der Waals surface area (Å²) in [6.07, 6.45) is 1.18. The first-order valence-corrected chi connectivity index (χ1v) is 9.69. The number of aromatic nitrogens is 1. The van der Waals surface area contributed by atoms with Crippen LogP contribution in [0.1, 0.15) is 12.1 Å². The summed E-state index contributed by atoms with van der Waals surface area (Å²) >= 11 is 0. The fraction of sp³-hybridized carbons (Fsp3) is 0.381. The summed E-state index contributed by atoms with van der Waals surface area (Å²) in [5.41, 5.74) is 1.56. The fourth-order valence-electron chi connectivity index (χ4n) is 3.38. The van der Waals surface area contributed by atoms with Gasteiger partial charge in [-0.3, -0.25) is 9.88 Å². The molecule has 9 nitrogen and oxygen atoms in total. The number of nitrogens with zero attached hydrogens (tertiary/aromatic N) is 2. The highest BCUT2D eigenvalue weighted by atomic mass is 19.1. The van der Waals surface area contributed by atoms with Crippen molar-refractivity contribution in [3.8, 4) is 5.75 Å². The Labute approximate surface area is 179 Å². The predicted octanol–water partition coefficient (Wildman–Crippen LogP) is 3.41. The number of urea groups is 1. The lowest BCUT2D eigenvalue weighted by Crippen LogP contribution is -2.38. The van der Waals surface area contributed by atoms with Crippen molar-refractivity contribution in [2.24, 2.45) is 0 Å². The molecular formula is C21H25FN4O5. The molecule has 0 radical (unpaired) electrons. The Hall–Kier alpha value is -3.40. The smallest absolute Gasteiger partial charge is 0.409 e. The Kier molecular flexibility index (Phi) is 7.24. The highest BCUT2D eigenvalue weighted by Crippen LogP contribution is 2.27. The number of carbonyl (C=O) groups excluding carboxylic acids is 2. The maximum atomic E-state index is 14.1. The van der Waals surface area contributed by atoms with Gasteiger partial charge < -0.3 is 24.8 Å². The Morgan fingerprint density at radius 3 is 2.65 bits per heavy atom. The first-order valence-electron chi connectivity index (χ1n) is 9.69. The summed E-state index contributed by atoms with van der Waals surface area (Å²) in [5.74, 6) is -0.332. The molecule has 31 heavy (non-hydrogen) atoms. The number of carbonyl (C=O) groups is 2. The van der Waals surface area contributed by atoms with Crippen molar-refractivity contribution in [1.82, 2.24) is 9.88 Å². The number of benzene rings is 1. The molecule has 3 amide bonds. The minimum absolute atomic E-state index is 0.206. The average Bonchev–Trinajstić information content (AvgIpc) is 3.11. The molecule has 1 aromatic carbocycles. The molecule has 0 aliphatic carbocycles. The zero-order chi connectivity index (χ0) is 22.4. The van der Waals surface area contributed by atoms with E-state index in [0.29, 0.717) is 18.7 Å². The molecule has 0 bridgehead atoms. The number of likely N-dealkylation sites (tertiary alicyclic amines) is 1. The number of hydrogen-bond acceptors (Lipinski definition) is 6. The van der Waals surface area contributed by atoms with Crippen LogP contribution in [0.5, 0.6) is 5.75 Å². The number of ether oxygens (including phenoxy) is 3. The molecule has 166 valence electrons. The maximum Gasteiger partial charge on any atom is 0.409 e. The molecule has 2 aromatic rings. The zero-order valence-electron chi connectivity index (χ0n) is 17.6. The lowest BCUT2D eigenvalue weighted by molar-refractivity contribution is 0.0866. The molecule has 10 heteroatoms. The van der Waals surface area contributed by atoms with Crippen LogP contribution >= 0.6 is 0 Å². The van der Waals surface area contributed by atoms with Crippen LogP contribution in [0.15, 0.2) is 36.5 Å². The summed E-state index contributed by atoms with van der Waals surface area (Å²) in [4.78, 5) is 29.8. The van der Waals surface area contributed by atoms with Crippen LogP contribution in [0.4, 0.5) is 25.4 Å². The van der Waals surface area contributed by atoms with E-state index in [4.69, 9.17) is 14.2 Å². The van der Waals surface area contributed by atoms with E-state index in [2.05, 4.69) is 15.6 Å². The van der Waals surface area contributed by atoms with Crippen molar-refractivity contribution in [2.75, 3.05) is 38.0 Å². The Bertz CT molecular complexity index is 924. The molecule has 1 fully saturated rings. The summed E-state index contributed by atoms with van der Waals surface area (Å²) in [6, 6.07) is 6.65. The highest BCUT2D eigenvalue weighted by Gasteiger charge is 2.37. The van der Waals surface area contributed by atoms with Gasteiger partial charge in [-0.1, -0.05) is 0 Å². The van der Waals surface area contributed by atoms with Crippen molar-refractivity contribution in [3.05, 3.63) is 48.0 Å². The molecule has 1 aliphatic rings. The van der Waals surface area contributed by atoms with E-state index in [0.717, 1.165) is 5.69 Å². The molecule has 3 rings (SSSR count). The molecule has 0 spiro atoms. The van der Waals surface area contributed by atoms with Crippen LogP contribution < -0.4 is 15.4 Å². The Balaban J connectivity index is 1.64. The molecule has 2 N–H and O–H groups in total. The monoisotopic (exact) mass is 432 g/mol. The second-order valence-electron chi connectivity index (χ2n) is 7.15. The van der Waals surface area contributed by atoms with Gasteiger partial charge >= 0.3 is 12.1 Å². The van der Waals surface area contributed by atoms with Crippen LogP contribution in [0.25, 0.3) is 0 Å². The number of hydrogen-bond donors (Lipinski definition) is 2. The van der Waals surface area contributed by atoms with E-state index in [9.17, 15) is 14.0 Å². The summed E-state index contributed by atoms with van der Waals surface area (Å²) in [6.45, 7) is 2.45. The first kappa shape index (κ1) is 22.3. The van der Waals surface area contributed by atoms with Gasteiger partial charge in [-0.15, -0.1) is 0 Å². The number of aryl methyl sites for hydroxylation is 1. The van der Waals surface area contributed by atoms with Crippen molar-refractivity contribution in [2.45, 2.75) is 25.5 Å². The van der Waals surface area contributed by atoms with Gasteiger partial charge in [0.1, 0.15) is 17.7 Å². The van der Waals surface area contributed by atoms with Crippen LogP contribution in [0.2, 0.25) is 0 Å². The second-order valence-corrected chi connectivity index (χ2v) is 7.15. The largest absolute Gasteiger partial charge is 0.488 e. The van der Waals surface area contributed by atoms with Crippen LogP contribution in [-0.4, -0.2) is 61.5 Å². The molecule has 2 heterocycles.